The van der Waals surface area contributed by atoms with E-state index in [-0.39, 0.29) is 18.4 Å². The molecule has 0 bridgehead atoms. The SMILES string of the molecule is CC(=O)N(CCc1ccc(Cl)cc1Cl)CC(=O)Nc1cc(C)ccc1C. The van der Waals surface area contributed by atoms with E-state index < -0.39 is 0 Å². The van der Waals surface area contributed by atoms with Crippen molar-refractivity contribution >= 4 is 40.7 Å². The van der Waals surface area contributed by atoms with Crippen molar-refractivity contribution in [2.45, 2.75) is 27.2 Å². The lowest BCUT2D eigenvalue weighted by atomic mass is 10.1. The summed E-state index contributed by atoms with van der Waals surface area (Å²) < 4.78 is 0. The maximum atomic E-state index is 12.4. The first kappa shape index (κ1) is 20.3. The molecule has 0 saturated heterocycles. The van der Waals surface area contributed by atoms with Crippen LogP contribution in [-0.2, 0) is 16.0 Å². The Morgan fingerprint density at radius 2 is 1.81 bits per heavy atom. The number of carbonyl (C=O) groups excluding carboxylic acids is 2. The second-order valence-corrected chi connectivity index (χ2v) is 7.14. The van der Waals surface area contributed by atoms with Gasteiger partial charge in [0.25, 0.3) is 0 Å². The summed E-state index contributed by atoms with van der Waals surface area (Å²) in [5.41, 5.74) is 3.69. The van der Waals surface area contributed by atoms with Crippen molar-refractivity contribution in [2.24, 2.45) is 0 Å². The Labute approximate surface area is 164 Å². The summed E-state index contributed by atoms with van der Waals surface area (Å²) in [6, 6.07) is 11.1. The molecule has 26 heavy (non-hydrogen) atoms. The van der Waals surface area contributed by atoms with Gasteiger partial charge in [-0.25, -0.2) is 0 Å². The quantitative estimate of drug-likeness (QED) is 0.777. The van der Waals surface area contributed by atoms with Crippen LogP contribution in [0.2, 0.25) is 10.0 Å². The van der Waals surface area contributed by atoms with Gasteiger partial charge < -0.3 is 10.2 Å². The second-order valence-electron chi connectivity index (χ2n) is 6.29. The Bertz CT molecular complexity index is 821. The Kier molecular flexibility index (Phi) is 7.06. The van der Waals surface area contributed by atoms with Crippen molar-refractivity contribution in [2.75, 3.05) is 18.4 Å². The molecule has 4 nitrogen and oxygen atoms in total. The topological polar surface area (TPSA) is 49.4 Å². The van der Waals surface area contributed by atoms with Gasteiger partial charge in [-0.05, 0) is 55.2 Å². The fraction of sp³-hybridized carbons (Fsp3) is 0.300. The molecule has 2 aromatic rings. The monoisotopic (exact) mass is 392 g/mol. The van der Waals surface area contributed by atoms with Gasteiger partial charge in [0.05, 0.1) is 6.54 Å². The number of aryl methyl sites for hydroxylation is 2. The molecule has 0 fully saturated rings. The minimum absolute atomic E-state index is 0.00603. The lowest BCUT2D eigenvalue weighted by Gasteiger charge is -2.21. The highest BCUT2D eigenvalue weighted by molar-refractivity contribution is 6.35. The molecule has 0 aliphatic carbocycles. The van der Waals surface area contributed by atoms with E-state index >= 15 is 0 Å². The van der Waals surface area contributed by atoms with Gasteiger partial charge in [0.1, 0.15) is 0 Å². The lowest BCUT2D eigenvalue weighted by molar-refractivity contribution is -0.132. The van der Waals surface area contributed by atoms with Crippen molar-refractivity contribution < 1.29 is 9.59 Å². The molecule has 6 heteroatoms. The zero-order valence-electron chi connectivity index (χ0n) is 15.1. The van der Waals surface area contributed by atoms with Gasteiger partial charge in [0.15, 0.2) is 0 Å². The summed E-state index contributed by atoms with van der Waals surface area (Å²) >= 11 is 12.1. The molecular formula is C20H22Cl2N2O2. The number of nitrogens with one attached hydrogen (secondary N) is 1. The number of halogens is 2. The van der Waals surface area contributed by atoms with Crippen molar-refractivity contribution in [3.8, 4) is 0 Å². The Hall–Kier alpha value is -2.04. The smallest absolute Gasteiger partial charge is 0.244 e. The summed E-state index contributed by atoms with van der Waals surface area (Å²) in [6.45, 7) is 5.74. The number of hydrogen-bond acceptors (Lipinski definition) is 2. The van der Waals surface area contributed by atoms with E-state index in [0.29, 0.717) is 23.0 Å². The van der Waals surface area contributed by atoms with Crippen molar-refractivity contribution in [1.82, 2.24) is 4.90 Å². The highest BCUT2D eigenvalue weighted by atomic mass is 35.5. The largest absolute Gasteiger partial charge is 0.333 e. The summed E-state index contributed by atoms with van der Waals surface area (Å²) in [7, 11) is 0. The first-order valence-electron chi connectivity index (χ1n) is 8.33. The van der Waals surface area contributed by atoms with Crippen LogP contribution in [0, 0.1) is 13.8 Å². The molecule has 0 atom stereocenters. The van der Waals surface area contributed by atoms with Gasteiger partial charge in [0, 0.05) is 29.2 Å². The van der Waals surface area contributed by atoms with Gasteiger partial charge in [-0.1, -0.05) is 41.4 Å². The van der Waals surface area contributed by atoms with Crippen molar-refractivity contribution in [1.29, 1.82) is 0 Å². The Morgan fingerprint density at radius 1 is 1.08 bits per heavy atom. The average Bonchev–Trinajstić information content (AvgIpc) is 2.56. The molecule has 0 radical (unpaired) electrons. The maximum absolute atomic E-state index is 12.4. The maximum Gasteiger partial charge on any atom is 0.244 e. The van der Waals surface area contributed by atoms with Crippen molar-refractivity contribution in [3.05, 3.63) is 63.1 Å². The van der Waals surface area contributed by atoms with E-state index in [4.69, 9.17) is 23.2 Å². The van der Waals surface area contributed by atoms with Crippen molar-refractivity contribution in [3.63, 3.8) is 0 Å². The molecule has 0 heterocycles. The average molecular weight is 393 g/mol. The summed E-state index contributed by atoms with van der Waals surface area (Å²) in [5, 5.41) is 4.00. The predicted molar refractivity (Wildman–Crippen MR) is 107 cm³/mol. The Morgan fingerprint density at radius 3 is 2.46 bits per heavy atom. The highest BCUT2D eigenvalue weighted by Gasteiger charge is 2.15. The summed E-state index contributed by atoms with van der Waals surface area (Å²) in [5.74, 6) is -0.387. The summed E-state index contributed by atoms with van der Waals surface area (Å²) in [4.78, 5) is 25.8. The molecule has 0 saturated carbocycles. The minimum Gasteiger partial charge on any atom is -0.333 e. The van der Waals surface area contributed by atoms with Crippen LogP contribution in [-0.4, -0.2) is 29.8 Å². The van der Waals surface area contributed by atoms with Gasteiger partial charge in [-0.3, -0.25) is 9.59 Å². The second kappa shape index (κ2) is 9.06. The molecule has 0 aliphatic rings. The lowest BCUT2D eigenvalue weighted by Crippen LogP contribution is -2.38. The first-order valence-corrected chi connectivity index (χ1v) is 9.08. The number of nitrogens with zero attached hydrogens (tertiary/aromatic N) is 1. The standard InChI is InChI=1S/C20H22Cl2N2O2/c1-13-4-5-14(2)19(10-13)23-20(26)12-24(15(3)25)9-8-16-6-7-17(21)11-18(16)22/h4-7,10-11H,8-9,12H2,1-3H3,(H,23,26). The third-order valence-corrected chi connectivity index (χ3v) is 4.70. The van der Waals surface area contributed by atoms with Gasteiger partial charge in [-0.15, -0.1) is 0 Å². The highest BCUT2D eigenvalue weighted by Crippen LogP contribution is 2.21. The number of hydrogen-bond donors (Lipinski definition) is 1. The third-order valence-electron chi connectivity index (χ3n) is 4.11. The molecule has 0 spiro atoms. The van der Waals surface area contributed by atoms with E-state index in [9.17, 15) is 9.59 Å². The molecule has 138 valence electrons. The number of carbonyl (C=O) groups is 2. The van der Waals surface area contributed by atoms with Crippen LogP contribution in [0.3, 0.4) is 0 Å². The van der Waals surface area contributed by atoms with E-state index in [1.807, 2.05) is 38.1 Å². The van der Waals surface area contributed by atoms with Crippen LogP contribution in [0.5, 0.6) is 0 Å². The summed E-state index contributed by atoms with van der Waals surface area (Å²) in [6.07, 6.45) is 0.548. The molecule has 2 amide bonds. The zero-order valence-corrected chi connectivity index (χ0v) is 16.6. The van der Waals surface area contributed by atoms with Gasteiger partial charge in [0.2, 0.25) is 11.8 Å². The molecule has 1 N–H and O–H groups in total. The number of anilines is 1. The van der Waals surface area contributed by atoms with E-state index in [1.165, 1.54) is 11.8 Å². The molecule has 2 rings (SSSR count). The van der Waals surface area contributed by atoms with E-state index in [1.54, 1.807) is 12.1 Å². The molecule has 0 unspecified atom stereocenters. The fourth-order valence-electron chi connectivity index (χ4n) is 2.56. The minimum atomic E-state index is -0.226. The fourth-order valence-corrected chi connectivity index (χ4v) is 3.06. The van der Waals surface area contributed by atoms with Crippen LogP contribution in [0.25, 0.3) is 0 Å². The number of amides is 2. The molecule has 0 aromatic heterocycles. The first-order chi connectivity index (χ1) is 12.3. The molecular weight excluding hydrogens is 371 g/mol. The van der Waals surface area contributed by atoms with Crippen LogP contribution < -0.4 is 5.32 Å². The predicted octanol–water partition coefficient (Wildman–Crippen LogP) is 4.64. The van der Waals surface area contributed by atoms with Crippen LogP contribution in [0.1, 0.15) is 23.6 Å². The zero-order chi connectivity index (χ0) is 19.3. The van der Waals surface area contributed by atoms with Gasteiger partial charge in [-0.2, -0.15) is 0 Å². The normalized spacial score (nSPS) is 10.5. The van der Waals surface area contributed by atoms with E-state index in [0.717, 1.165) is 22.4 Å². The van der Waals surface area contributed by atoms with Crippen LogP contribution in [0.4, 0.5) is 5.69 Å². The van der Waals surface area contributed by atoms with Gasteiger partial charge >= 0.3 is 0 Å². The molecule has 2 aromatic carbocycles. The van der Waals surface area contributed by atoms with E-state index in [2.05, 4.69) is 5.32 Å². The number of rotatable bonds is 6. The Balaban J connectivity index is 2.00. The third kappa shape index (κ3) is 5.75. The van der Waals surface area contributed by atoms with Crippen LogP contribution in [0.15, 0.2) is 36.4 Å². The number of benzene rings is 2. The van der Waals surface area contributed by atoms with Crippen LogP contribution >= 0.6 is 23.2 Å². The molecule has 0 aliphatic heterocycles.